The van der Waals surface area contributed by atoms with Gasteiger partial charge in [0.15, 0.2) is 5.78 Å². The third-order valence-corrected chi connectivity index (χ3v) is 3.95. The third kappa shape index (κ3) is 2.31. The molecule has 16 heavy (non-hydrogen) atoms. The van der Waals surface area contributed by atoms with E-state index in [-0.39, 0.29) is 16.8 Å². The van der Waals surface area contributed by atoms with Crippen molar-refractivity contribution >= 4 is 5.78 Å². The molecule has 1 unspecified atom stereocenters. The molecule has 0 amide bonds. The minimum atomic E-state index is -0.0414. The number of carbonyl (C=O) groups excluding carboxylic acids is 1. The van der Waals surface area contributed by atoms with Gasteiger partial charge < -0.3 is 4.74 Å². The first-order valence-electron chi connectivity index (χ1n) is 6.35. The van der Waals surface area contributed by atoms with E-state index < -0.39 is 0 Å². The maximum atomic E-state index is 11.7. The molecule has 0 aromatic heterocycles. The zero-order chi connectivity index (χ0) is 11.8. The fourth-order valence-corrected chi connectivity index (χ4v) is 2.74. The predicted molar refractivity (Wildman–Crippen MR) is 64.1 cm³/mol. The lowest BCUT2D eigenvalue weighted by Crippen LogP contribution is -2.30. The van der Waals surface area contributed by atoms with E-state index in [9.17, 15) is 4.79 Å². The van der Waals surface area contributed by atoms with E-state index in [1.807, 2.05) is 0 Å². The van der Waals surface area contributed by atoms with E-state index in [4.69, 9.17) is 4.74 Å². The van der Waals surface area contributed by atoms with Gasteiger partial charge in [0.2, 0.25) is 0 Å². The number of allylic oxidation sites excluding steroid dienone is 2. The molecule has 0 N–H and O–H groups in total. The van der Waals surface area contributed by atoms with Crippen LogP contribution in [0.5, 0.6) is 0 Å². The monoisotopic (exact) mass is 222 g/mol. The summed E-state index contributed by atoms with van der Waals surface area (Å²) in [5.74, 6) is 1.14. The molecule has 0 aromatic rings. The maximum Gasteiger partial charge on any atom is 0.159 e. The number of hydrogen-bond donors (Lipinski definition) is 0. The second kappa shape index (κ2) is 3.90. The third-order valence-electron chi connectivity index (χ3n) is 3.95. The molecule has 2 bridgehead atoms. The number of ketones is 1. The van der Waals surface area contributed by atoms with E-state index in [0.29, 0.717) is 6.42 Å². The van der Waals surface area contributed by atoms with Crippen LogP contribution >= 0.6 is 0 Å². The van der Waals surface area contributed by atoms with Gasteiger partial charge in [0.05, 0.1) is 0 Å². The van der Waals surface area contributed by atoms with Crippen molar-refractivity contribution < 1.29 is 9.53 Å². The van der Waals surface area contributed by atoms with Crippen molar-refractivity contribution in [2.24, 2.45) is 5.41 Å². The van der Waals surface area contributed by atoms with Crippen molar-refractivity contribution in [1.29, 1.82) is 0 Å². The Labute approximate surface area is 98.1 Å². The Balaban J connectivity index is 2.37. The first-order valence-corrected chi connectivity index (χ1v) is 6.35. The summed E-state index contributed by atoms with van der Waals surface area (Å²) in [4.78, 5) is 11.7. The van der Waals surface area contributed by atoms with E-state index >= 15 is 0 Å². The predicted octanol–water partition coefficient (Wildman–Crippen LogP) is 3.61. The van der Waals surface area contributed by atoms with Crippen LogP contribution in [0.25, 0.3) is 0 Å². The fourth-order valence-electron chi connectivity index (χ4n) is 2.74. The molecular formula is C14H22O2. The van der Waals surface area contributed by atoms with Gasteiger partial charge in [-0.05, 0) is 39.0 Å². The molecule has 0 spiro atoms. The average molecular weight is 222 g/mol. The Kier molecular flexibility index (Phi) is 2.85. The normalized spacial score (nSPS) is 37.4. The van der Waals surface area contributed by atoms with Crippen molar-refractivity contribution in [3.05, 3.63) is 11.8 Å². The molecule has 90 valence electrons. The van der Waals surface area contributed by atoms with Crippen LogP contribution in [0.4, 0.5) is 0 Å². The standard InChI is InChI=1S/C14H22O2/c1-13(2)7-5-9-14(3)8-4-6-11(15)10-12(13)16-14/h10H,4-9H2,1-3H3/b12-10-. The zero-order valence-electron chi connectivity index (χ0n) is 10.6. The average Bonchev–Trinajstić information content (AvgIpc) is 2.23. The van der Waals surface area contributed by atoms with Crippen molar-refractivity contribution in [2.75, 3.05) is 0 Å². The molecule has 2 nitrogen and oxygen atoms in total. The zero-order valence-corrected chi connectivity index (χ0v) is 10.6. The SMILES string of the molecule is CC12CCCC(=O)/C=C(\O1)C(C)(C)CCC2. The molecule has 0 aromatic carbocycles. The number of fused-ring (bicyclic) bond motifs is 2. The van der Waals surface area contributed by atoms with Crippen LogP contribution < -0.4 is 0 Å². The molecule has 2 rings (SSSR count). The van der Waals surface area contributed by atoms with Gasteiger partial charge in [-0.1, -0.05) is 13.8 Å². The highest BCUT2D eigenvalue weighted by Crippen LogP contribution is 2.43. The van der Waals surface area contributed by atoms with Crippen molar-refractivity contribution in [1.82, 2.24) is 0 Å². The molecule has 1 saturated heterocycles. The molecule has 2 aliphatic heterocycles. The Hall–Kier alpha value is -0.790. The summed E-state index contributed by atoms with van der Waals surface area (Å²) in [7, 11) is 0. The molecule has 2 heterocycles. The Morgan fingerprint density at radius 1 is 1.12 bits per heavy atom. The van der Waals surface area contributed by atoms with E-state index in [0.717, 1.165) is 31.4 Å². The van der Waals surface area contributed by atoms with Crippen molar-refractivity contribution in [2.45, 2.75) is 64.9 Å². The van der Waals surface area contributed by atoms with Gasteiger partial charge in [-0.2, -0.15) is 0 Å². The molecule has 0 aliphatic carbocycles. The highest BCUT2D eigenvalue weighted by atomic mass is 16.5. The van der Waals surface area contributed by atoms with E-state index in [1.165, 1.54) is 6.42 Å². The van der Waals surface area contributed by atoms with Gasteiger partial charge in [0.25, 0.3) is 0 Å². The summed E-state index contributed by atoms with van der Waals surface area (Å²) in [6, 6.07) is 0. The fraction of sp³-hybridized carbons (Fsp3) is 0.786. The molecule has 2 heteroatoms. The van der Waals surface area contributed by atoms with Gasteiger partial charge >= 0.3 is 0 Å². The van der Waals surface area contributed by atoms with Gasteiger partial charge in [-0.3, -0.25) is 4.79 Å². The Morgan fingerprint density at radius 3 is 2.56 bits per heavy atom. The van der Waals surface area contributed by atoms with E-state index in [1.54, 1.807) is 6.08 Å². The molecule has 0 radical (unpaired) electrons. The molecule has 1 atom stereocenters. The maximum absolute atomic E-state index is 11.7. The van der Waals surface area contributed by atoms with Crippen LogP contribution in [0.2, 0.25) is 0 Å². The first-order chi connectivity index (χ1) is 7.41. The highest BCUT2D eigenvalue weighted by molar-refractivity contribution is 5.90. The summed E-state index contributed by atoms with van der Waals surface area (Å²) >= 11 is 0. The summed E-state index contributed by atoms with van der Waals surface area (Å²) in [6.07, 6.45) is 7.81. The summed E-state index contributed by atoms with van der Waals surface area (Å²) in [5, 5.41) is 0. The van der Waals surface area contributed by atoms with Crippen LogP contribution in [0.15, 0.2) is 11.8 Å². The van der Waals surface area contributed by atoms with Crippen LogP contribution in [-0.4, -0.2) is 11.4 Å². The van der Waals surface area contributed by atoms with Crippen LogP contribution in [0.1, 0.15) is 59.3 Å². The summed E-state index contributed by atoms with van der Waals surface area (Å²) < 4.78 is 6.17. The summed E-state index contributed by atoms with van der Waals surface area (Å²) in [6.45, 7) is 6.55. The molecule has 1 fully saturated rings. The first kappa shape index (κ1) is 11.7. The quantitative estimate of drug-likeness (QED) is 0.626. The minimum absolute atomic E-state index is 0.0186. The lowest BCUT2D eigenvalue weighted by Gasteiger charge is -2.34. The van der Waals surface area contributed by atoms with Crippen LogP contribution in [0.3, 0.4) is 0 Å². The van der Waals surface area contributed by atoms with Gasteiger partial charge in [-0.25, -0.2) is 0 Å². The van der Waals surface area contributed by atoms with Crippen LogP contribution in [-0.2, 0) is 9.53 Å². The van der Waals surface area contributed by atoms with Crippen molar-refractivity contribution in [3.8, 4) is 0 Å². The number of carbonyl (C=O) groups is 1. The van der Waals surface area contributed by atoms with Gasteiger partial charge in [0.1, 0.15) is 11.4 Å². The minimum Gasteiger partial charge on any atom is -0.491 e. The lowest BCUT2D eigenvalue weighted by atomic mass is 9.85. The molecular weight excluding hydrogens is 200 g/mol. The topological polar surface area (TPSA) is 26.3 Å². The summed E-state index contributed by atoms with van der Waals surface area (Å²) in [5.41, 5.74) is -0.0228. The highest BCUT2D eigenvalue weighted by Gasteiger charge is 2.38. The van der Waals surface area contributed by atoms with Gasteiger partial charge in [0, 0.05) is 17.9 Å². The number of ether oxygens (including phenoxy) is 1. The Morgan fingerprint density at radius 2 is 1.81 bits per heavy atom. The number of rotatable bonds is 0. The van der Waals surface area contributed by atoms with Crippen molar-refractivity contribution in [3.63, 3.8) is 0 Å². The second-order valence-corrected chi connectivity index (χ2v) is 6.12. The van der Waals surface area contributed by atoms with Gasteiger partial charge in [-0.15, -0.1) is 0 Å². The smallest absolute Gasteiger partial charge is 0.159 e. The number of hydrogen-bond acceptors (Lipinski definition) is 2. The van der Waals surface area contributed by atoms with Crippen LogP contribution in [0, 0.1) is 5.41 Å². The second-order valence-electron chi connectivity index (χ2n) is 6.12. The largest absolute Gasteiger partial charge is 0.491 e. The molecule has 2 aliphatic rings. The van der Waals surface area contributed by atoms with E-state index in [2.05, 4.69) is 20.8 Å². The molecule has 0 saturated carbocycles. The lowest BCUT2D eigenvalue weighted by molar-refractivity contribution is -0.116. The Bertz CT molecular complexity index is 328.